The molecule has 8 nitrogen and oxygen atoms in total. The zero-order valence-corrected chi connectivity index (χ0v) is 14.4. The van der Waals surface area contributed by atoms with Crippen molar-refractivity contribution in [1.82, 2.24) is 10.3 Å². The van der Waals surface area contributed by atoms with E-state index in [-0.39, 0.29) is 29.2 Å². The van der Waals surface area contributed by atoms with Gasteiger partial charge in [-0.15, -0.1) is 0 Å². The molecule has 0 aromatic carbocycles. The van der Waals surface area contributed by atoms with Crippen LogP contribution in [0.2, 0.25) is 5.15 Å². The summed E-state index contributed by atoms with van der Waals surface area (Å²) in [4.78, 5) is 26.1. The van der Waals surface area contributed by atoms with Crippen LogP contribution in [0.3, 0.4) is 0 Å². The third-order valence-electron chi connectivity index (χ3n) is 2.90. The first-order valence-corrected chi connectivity index (χ1v) is 7.61. The number of carboxylic acid groups (broad SMARTS) is 1. The maximum absolute atomic E-state index is 11.5. The lowest BCUT2D eigenvalue weighted by Gasteiger charge is -2.21. The molecule has 2 unspecified atom stereocenters. The Morgan fingerprint density at radius 2 is 2.00 bits per heavy atom. The van der Waals surface area contributed by atoms with Crippen molar-refractivity contribution in [2.75, 3.05) is 6.54 Å². The number of rotatable bonds is 6. The Balaban J connectivity index is 2.59. The second kappa shape index (κ2) is 8.27. The molecule has 0 fully saturated rings. The van der Waals surface area contributed by atoms with E-state index >= 15 is 0 Å². The number of aromatic carboxylic acids is 1. The number of aliphatic hydroxyl groups excluding tert-OH is 2. The van der Waals surface area contributed by atoms with Crippen molar-refractivity contribution < 1.29 is 29.6 Å². The van der Waals surface area contributed by atoms with Crippen LogP contribution >= 0.6 is 11.6 Å². The van der Waals surface area contributed by atoms with E-state index in [9.17, 15) is 19.8 Å². The Morgan fingerprint density at radius 3 is 2.54 bits per heavy atom. The molecular weight excluding hydrogens is 340 g/mol. The first-order chi connectivity index (χ1) is 11.0. The lowest BCUT2D eigenvalue weighted by atomic mass is 10.0. The number of ether oxygens (including phenoxy) is 1. The lowest BCUT2D eigenvalue weighted by molar-refractivity contribution is 0.0120. The zero-order valence-electron chi connectivity index (χ0n) is 13.6. The number of hydrogen-bond donors (Lipinski definition) is 4. The number of nitrogens with zero attached hydrogens (tertiary/aromatic N) is 1. The summed E-state index contributed by atoms with van der Waals surface area (Å²) in [5, 5.41) is 31.3. The Bertz CT molecular complexity index is 602. The average molecular weight is 361 g/mol. The van der Waals surface area contributed by atoms with Gasteiger partial charge in [0.2, 0.25) is 0 Å². The number of hydrogen-bond acceptors (Lipinski definition) is 6. The first-order valence-electron chi connectivity index (χ1n) is 7.23. The first kappa shape index (κ1) is 20.1. The predicted octanol–water partition coefficient (Wildman–Crippen LogP) is 1.74. The minimum absolute atomic E-state index is 0.0332. The van der Waals surface area contributed by atoms with Crippen LogP contribution < -0.4 is 5.32 Å². The highest BCUT2D eigenvalue weighted by Gasteiger charge is 2.22. The Hall–Kier alpha value is -1.90. The minimum Gasteiger partial charge on any atom is -0.478 e. The fourth-order valence-electron chi connectivity index (χ4n) is 1.79. The van der Waals surface area contributed by atoms with Gasteiger partial charge >= 0.3 is 12.1 Å². The van der Waals surface area contributed by atoms with E-state index in [0.717, 1.165) is 6.07 Å². The molecule has 1 amide bonds. The van der Waals surface area contributed by atoms with Crippen LogP contribution in [0.25, 0.3) is 0 Å². The number of carbonyl (C=O) groups excluding carboxylic acids is 1. The van der Waals surface area contributed by atoms with Gasteiger partial charge in [-0.2, -0.15) is 0 Å². The predicted molar refractivity (Wildman–Crippen MR) is 86.0 cm³/mol. The molecule has 1 aromatic heterocycles. The summed E-state index contributed by atoms with van der Waals surface area (Å²) in [6.07, 6.45) is -2.02. The van der Waals surface area contributed by atoms with Crippen LogP contribution in [-0.2, 0) is 4.74 Å². The number of nitrogens with one attached hydrogen (secondary N) is 1. The smallest absolute Gasteiger partial charge is 0.407 e. The van der Waals surface area contributed by atoms with Crippen LogP contribution in [0.5, 0.6) is 0 Å². The summed E-state index contributed by atoms with van der Waals surface area (Å²) in [6.45, 7) is 5.23. The summed E-state index contributed by atoms with van der Waals surface area (Å²) in [7, 11) is 0. The largest absolute Gasteiger partial charge is 0.478 e. The van der Waals surface area contributed by atoms with Crippen LogP contribution in [0.1, 0.15) is 49.2 Å². The second-order valence-electron chi connectivity index (χ2n) is 6.14. The molecule has 0 aliphatic heterocycles. The molecule has 0 saturated heterocycles. The fraction of sp³-hybridized carbons (Fsp3) is 0.533. The maximum atomic E-state index is 11.5. The highest BCUT2D eigenvalue weighted by Crippen LogP contribution is 2.22. The van der Waals surface area contributed by atoms with Crippen LogP contribution in [0.4, 0.5) is 4.79 Å². The highest BCUT2D eigenvalue weighted by molar-refractivity contribution is 6.32. The van der Waals surface area contributed by atoms with Crippen molar-refractivity contribution in [1.29, 1.82) is 0 Å². The molecule has 0 aliphatic carbocycles. The van der Waals surface area contributed by atoms with Gasteiger partial charge in [-0.05, 0) is 33.3 Å². The molecule has 1 heterocycles. The summed E-state index contributed by atoms with van der Waals surface area (Å²) in [6, 6.07) is 1.15. The standard InChI is InChI=1S/C15H21ClN2O6/c1-15(2,3)24-14(23)17-5-4-10(19)11(20)8-6-9(13(21)22)12(16)18-7-8/h6-7,10-11,19-20H,4-5H2,1-3H3,(H,17,23)(H,21,22). The molecule has 0 bridgehead atoms. The van der Waals surface area contributed by atoms with E-state index < -0.39 is 29.9 Å². The van der Waals surface area contributed by atoms with E-state index in [1.807, 2.05) is 0 Å². The van der Waals surface area contributed by atoms with Crippen LogP contribution in [0.15, 0.2) is 12.3 Å². The normalized spacial score (nSPS) is 13.9. The molecule has 24 heavy (non-hydrogen) atoms. The van der Waals surface area contributed by atoms with Crippen molar-refractivity contribution in [2.45, 2.75) is 45.0 Å². The van der Waals surface area contributed by atoms with Gasteiger partial charge in [0.25, 0.3) is 0 Å². The maximum Gasteiger partial charge on any atom is 0.407 e. The summed E-state index contributed by atoms with van der Waals surface area (Å²) in [5.41, 5.74) is -0.793. The molecule has 2 atom stereocenters. The number of halogens is 1. The Morgan fingerprint density at radius 1 is 1.38 bits per heavy atom. The number of aliphatic hydroxyl groups is 2. The van der Waals surface area contributed by atoms with Crippen LogP contribution in [0, 0.1) is 0 Å². The molecule has 9 heteroatoms. The number of aromatic nitrogens is 1. The Labute approximate surface area is 144 Å². The Kier molecular flexibility index (Phi) is 6.94. The van der Waals surface area contributed by atoms with Crippen molar-refractivity contribution in [3.8, 4) is 0 Å². The third kappa shape index (κ3) is 6.31. The van der Waals surface area contributed by atoms with E-state index in [1.165, 1.54) is 6.20 Å². The molecular formula is C15H21ClN2O6. The second-order valence-corrected chi connectivity index (χ2v) is 6.50. The van der Waals surface area contributed by atoms with Gasteiger partial charge in [-0.1, -0.05) is 11.6 Å². The molecule has 0 saturated carbocycles. The minimum atomic E-state index is -1.37. The van der Waals surface area contributed by atoms with E-state index in [0.29, 0.717) is 0 Å². The van der Waals surface area contributed by atoms with Crippen LogP contribution in [-0.4, -0.2) is 50.6 Å². The SMILES string of the molecule is CC(C)(C)OC(=O)NCCC(O)C(O)c1cnc(Cl)c(C(=O)O)c1. The third-order valence-corrected chi connectivity index (χ3v) is 3.21. The average Bonchev–Trinajstić information content (AvgIpc) is 2.44. The van der Waals surface area contributed by atoms with E-state index in [1.54, 1.807) is 20.8 Å². The molecule has 1 aromatic rings. The number of alkyl carbamates (subject to hydrolysis) is 1. The zero-order chi connectivity index (χ0) is 18.5. The van der Waals surface area contributed by atoms with Gasteiger partial charge in [-0.3, -0.25) is 0 Å². The quantitative estimate of drug-likeness (QED) is 0.568. The summed E-state index contributed by atoms with van der Waals surface area (Å²) in [5.74, 6) is -1.29. The van der Waals surface area contributed by atoms with E-state index in [4.69, 9.17) is 21.4 Å². The molecule has 4 N–H and O–H groups in total. The molecule has 0 spiro atoms. The lowest BCUT2D eigenvalue weighted by Crippen LogP contribution is -2.34. The van der Waals surface area contributed by atoms with E-state index in [2.05, 4.69) is 10.3 Å². The molecule has 0 aliphatic rings. The number of amides is 1. The van der Waals surface area contributed by atoms with Gasteiger partial charge in [0.15, 0.2) is 0 Å². The molecule has 1 rings (SSSR count). The van der Waals surface area contributed by atoms with Gasteiger partial charge in [0.05, 0.1) is 11.7 Å². The van der Waals surface area contributed by atoms with Gasteiger partial charge in [0.1, 0.15) is 16.9 Å². The van der Waals surface area contributed by atoms with Gasteiger partial charge in [0, 0.05) is 18.3 Å². The van der Waals surface area contributed by atoms with Crippen molar-refractivity contribution in [2.24, 2.45) is 0 Å². The summed E-state index contributed by atoms with van der Waals surface area (Å²) < 4.78 is 5.04. The number of pyridine rings is 1. The van der Waals surface area contributed by atoms with Crippen molar-refractivity contribution in [3.05, 3.63) is 28.5 Å². The van der Waals surface area contributed by atoms with Gasteiger partial charge in [-0.25, -0.2) is 14.6 Å². The highest BCUT2D eigenvalue weighted by atomic mass is 35.5. The summed E-state index contributed by atoms with van der Waals surface area (Å²) >= 11 is 5.65. The number of carbonyl (C=O) groups is 2. The van der Waals surface area contributed by atoms with Crippen molar-refractivity contribution >= 4 is 23.7 Å². The molecule has 0 radical (unpaired) electrons. The fourth-order valence-corrected chi connectivity index (χ4v) is 1.98. The monoisotopic (exact) mass is 360 g/mol. The topological polar surface area (TPSA) is 129 Å². The van der Waals surface area contributed by atoms with Gasteiger partial charge < -0.3 is 25.4 Å². The number of carboxylic acids is 1. The molecule has 134 valence electrons. The van der Waals surface area contributed by atoms with Crippen molar-refractivity contribution in [3.63, 3.8) is 0 Å².